The fourth-order valence-corrected chi connectivity index (χ4v) is 3.26. The Morgan fingerprint density at radius 3 is 2.44 bits per heavy atom. The van der Waals surface area contributed by atoms with Crippen LogP contribution in [0.25, 0.3) is 11.4 Å². The molecule has 0 radical (unpaired) electrons. The molecule has 0 saturated carbocycles. The molecule has 0 aliphatic rings. The molecule has 6 heteroatoms. The van der Waals surface area contributed by atoms with Crippen LogP contribution >= 0.6 is 0 Å². The van der Waals surface area contributed by atoms with Crippen molar-refractivity contribution < 1.29 is 9.53 Å². The summed E-state index contributed by atoms with van der Waals surface area (Å²) in [5, 5.41) is 2.91. The molecule has 0 unspecified atom stereocenters. The Bertz CT molecular complexity index is 1190. The summed E-state index contributed by atoms with van der Waals surface area (Å²) in [6, 6.07) is 21.1. The maximum atomic E-state index is 13.0. The summed E-state index contributed by atoms with van der Waals surface area (Å²) in [6.45, 7) is 4.56. The van der Waals surface area contributed by atoms with Gasteiger partial charge in [-0.15, -0.1) is 0 Å². The lowest BCUT2D eigenvalue weighted by atomic mass is 10.0. The van der Waals surface area contributed by atoms with E-state index in [4.69, 9.17) is 4.74 Å². The highest BCUT2D eigenvalue weighted by atomic mass is 16.5. The van der Waals surface area contributed by atoms with Gasteiger partial charge in [-0.25, -0.2) is 4.98 Å². The van der Waals surface area contributed by atoms with Crippen LogP contribution in [0.3, 0.4) is 0 Å². The second-order valence-corrected chi connectivity index (χ2v) is 7.61. The number of hydrogen-bond donors (Lipinski definition) is 1. The van der Waals surface area contributed by atoms with Gasteiger partial charge in [0.2, 0.25) is 5.88 Å². The van der Waals surface area contributed by atoms with Gasteiger partial charge in [0.25, 0.3) is 5.91 Å². The number of rotatable bonds is 7. The van der Waals surface area contributed by atoms with E-state index in [0.29, 0.717) is 18.1 Å². The molecule has 2 aromatic carbocycles. The minimum atomic E-state index is -0.307. The summed E-state index contributed by atoms with van der Waals surface area (Å²) in [7, 11) is 0. The molecule has 0 atom stereocenters. The number of ether oxygens (including phenoxy) is 1. The zero-order valence-electron chi connectivity index (χ0n) is 18.0. The predicted octanol–water partition coefficient (Wildman–Crippen LogP) is 5.38. The maximum Gasteiger partial charge on any atom is 0.258 e. The Labute approximate surface area is 187 Å². The van der Waals surface area contributed by atoms with Crippen LogP contribution in [0.15, 0.2) is 85.3 Å². The van der Waals surface area contributed by atoms with Crippen molar-refractivity contribution in [2.75, 3.05) is 0 Å². The summed E-state index contributed by atoms with van der Waals surface area (Å²) in [6.07, 6.45) is 4.90. The van der Waals surface area contributed by atoms with Crippen LogP contribution in [-0.4, -0.2) is 20.9 Å². The topological polar surface area (TPSA) is 77.0 Å². The highest BCUT2D eigenvalue weighted by Crippen LogP contribution is 2.32. The zero-order valence-corrected chi connectivity index (χ0v) is 18.0. The van der Waals surface area contributed by atoms with E-state index in [9.17, 15) is 4.79 Å². The van der Waals surface area contributed by atoms with E-state index in [1.165, 1.54) is 6.20 Å². The van der Waals surface area contributed by atoms with Crippen LogP contribution < -0.4 is 10.1 Å². The van der Waals surface area contributed by atoms with Crippen molar-refractivity contribution in [2.24, 2.45) is 0 Å². The van der Waals surface area contributed by atoms with Gasteiger partial charge in [0, 0.05) is 30.7 Å². The zero-order chi connectivity index (χ0) is 22.3. The molecule has 0 spiro atoms. The first-order chi connectivity index (χ1) is 15.6. The Balaban J connectivity index is 1.68. The van der Waals surface area contributed by atoms with Gasteiger partial charge >= 0.3 is 0 Å². The largest absolute Gasteiger partial charge is 0.438 e. The average Bonchev–Trinajstić information content (AvgIpc) is 2.84. The molecule has 0 aliphatic heterocycles. The quantitative estimate of drug-likeness (QED) is 0.431. The van der Waals surface area contributed by atoms with Gasteiger partial charge in [-0.2, -0.15) is 4.98 Å². The Hall–Kier alpha value is -4.06. The highest BCUT2D eigenvalue weighted by Gasteiger charge is 2.19. The normalized spacial score (nSPS) is 10.7. The average molecular weight is 425 g/mol. The second kappa shape index (κ2) is 9.83. The number of nitrogens with one attached hydrogen (secondary N) is 1. The first-order valence-corrected chi connectivity index (χ1v) is 10.5. The number of amides is 1. The molecule has 2 heterocycles. The predicted molar refractivity (Wildman–Crippen MR) is 123 cm³/mol. The third kappa shape index (κ3) is 4.98. The Morgan fingerprint density at radius 2 is 1.69 bits per heavy atom. The molecule has 4 rings (SSSR count). The van der Waals surface area contributed by atoms with Gasteiger partial charge < -0.3 is 10.1 Å². The minimum absolute atomic E-state index is 0.221. The molecule has 6 nitrogen and oxygen atoms in total. The van der Waals surface area contributed by atoms with E-state index < -0.39 is 0 Å². The summed E-state index contributed by atoms with van der Waals surface area (Å²) in [4.78, 5) is 26.0. The van der Waals surface area contributed by atoms with Gasteiger partial charge in [-0.3, -0.25) is 9.78 Å². The number of hydrogen-bond acceptors (Lipinski definition) is 5. The van der Waals surface area contributed by atoms with Crippen molar-refractivity contribution in [3.63, 3.8) is 0 Å². The van der Waals surface area contributed by atoms with Crippen LogP contribution in [0.5, 0.6) is 11.6 Å². The van der Waals surface area contributed by atoms with Crippen LogP contribution in [0.4, 0.5) is 0 Å². The highest BCUT2D eigenvalue weighted by molar-refractivity contribution is 5.96. The third-order valence-corrected chi connectivity index (χ3v) is 4.98. The summed E-state index contributed by atoms with van der Waals surface area (Å²) in [5.41, 5.74) is 3.11. The van der Waals surface area contributed by atoms with Crippen molar-refractivity contribution in [3.8, 4) is 23.0 Å². The van der Waals surface area contributed by atoms with E-state index in [0.717, 1.165) is 16.7 Å². The molecule has 32 heavy (non-hydrogen) atoms. The van der Waals surface area contributed by atoms with Gasteiger partial charge in [0.05, 0.1) is 0 Å². The molecule has 160 valence electrons. The SMILES string of the molecule is CC(C)c1ccccc1Oc1nc(-c2ccccc2)ncc1C(=O)NCc1ccncc1. The van der Waals surface area contributed by atoms with E-state index in [-0.39, 0.29) is 23.3 Å². The van der Waals surface area contributed by atoms with E-state index in [1.807, 2.05) is 66.7 Å². The van der Waals surface area contributed by atoms with E-state index in [2.05, 4.69) is 34.1 Å². The van der Waals surface area contributed by atoms with Crippen molar-refractivity contribution in [1.29, 1.82) is 0 Å². The molecule has 0 bridgehead atoms. The summed E-state index contributed by atoms with van der Waals surface area (Å²) < 4.78 is 6.22. The fourth-order valence-electron chi connectivity index (χ4n) is 3.26. The molecule has 0 saturated heterocycles. The molecule has 0 fully saturated rings. The van der Waals surface area contributed by atoms with Crippen LogP contribution in [0.1, 0.15) is 41.3 Å². The lowest BCUT2D eigenvalue weighted by Gasteiger charge is -2.15. The molecular weight excluding hydrogens is 400 g/mol. The van der Waals surface area contributed by atoms with E-state index >= 15 is 0 Å². The van der Waals surface area contributed by atoms with Crippen molar-refractivity contribution in [1.82, 2.24) is 20.3 Å². The number of aromatic nitrogens is 3. The van der Waals surface area contributed by atoms with Gasteiger partial charge in [0.1, 0.15) is 11.3 Å². The van der Waals surface area contributed by atoms with Gasteiger partial charge in [0.15, 0.2) is 5.82 Å². The Morgan fingerprint density at radius 1 is 0.969 bits per heavy atom. The minimum Gasteiger partial charge on any atom is -0.438 e. The number of pyridine rings is 1. The van der Waals surface area contributed by atoms with Crippen LogP contribution in [0.2, 0.25) is 0 Å². The molecule has 0 aliphatic carbocycles. The van der Waals surface area contributed by atoms with Crippen molar-refractivity contribution in [3.05, 3.63) is 102 Å². The van der Waals surface area contributed by atoms with Crippen LogP contribution in [0, 0.1) is 0 Å². The number of carbonyl (C=O) groups excluding carboxylic acids is 1. The standard InChI is InChI=1S/C26H24N4O2/c1-18(2)21-10-6-7-11-23(21)32-26-22(25(31)29-16-19-12-14-27-15-13-19)17-28-24(30-26)20-8-4-3-5-9-20/h3-15,17-18H,16H2,1-2H3,(H,29,31). The van der Waals surface area contributed by atoms with Gasteiger partial charge in [-0.05, 0) is 35.2 Å². The van der Waals surface area contributed by atoms with Crippen molar-refractivity contribution >= 4 is 5.91 Å². The third-order valence-electron chi connectivity index (χ3n) is 4.98. The first kappa shape index (κ1) is 21.2. The molecule has 1 amide bonds. The lowest BCUT2D eigenvalue weighted by molar-refractivity contribution is 0.0947. The lowest BCUT2D eigenvalue weighted by Crippen LogP contribution is -2.24. The second-order valence-electron chi connectivity index (χ2n) is 7.61. The smallest absolute Gasteiger partial charge is 0.258 e. The summed E-state index contributed by atoms with van der Waals surface area (Å²) >= 11 is 0. The van der Waals surface area contributed by atoms with Crippen LogP contribution in [-0.2, 0) is 6.54 Å². The van der Waals surface area contributed by atoms with E-state index in [1.54, 1.807) is 12.4 Å². The van der Waals surface area contributed by atoms with Gasteiger partial charge in [-0.1, -0.05) is 62.4 Å². The summed E-state index contributed by atoms with van der Waals surface area (Å²) in [5.74, 6) is 1.33. The molecular formula is C26H24N4O2. The number of carbonyl (C=O) groups is 1. The molecule has 1 N–H and O–H groups in total. The number of benzene rings is 2. The molecule has 2 aromatic heterocycles. The molecule has 4 aromatic rings. The maximum absolute atomic E-state index is 13.0. The fraction of sp³-hybridized carbons (Fsp3) is 0.154. The monoisotopic (exact) mass is 424 g/mol. The Kier molecular flexibility index (Phi) is 6.51. The number of nitrogens with zero attached hydrogens (tertiary/aromatic N) is 3. The number of para-hydroxylation sites is 1. The van der Waals surface area contributed by atoms with Crippen molar-refractivity contribution in [2.45, 2.75) is 26.3 Å². The first-order valence-electron chi connectivity index (χ1n) is 10.5.